The van der Waals surface area contributed by atoms with Crippen LogP contribution in [-0.2, 0) is 0 Å². The Bertz CT molecular complexity index is 854. The molecule has 1 amide bonds. The number of primary amides is 1. The Labute approximate surface area is 163 Å². The number of hydrogen-bond donors (Lipinski definition) is 2. The van der Waals surface area contributed by atoms with E-state index in [1.54, 1.807) is 23.0 Å². The fraction of sp³-hybridized carbons (Fsp3) is 0.421. The van der Waals surface area contributed by atoms with Crippen LogP contribution < -0.4 is 11.1 Å². The Hall–Kier alpha value is -2.56. The van der Waals surface area contributed by atoms with Crippen molar-refractivity contribution in [3.8, 4) is 6.57 Å². The van der Waals surface area contributed by atoms with Gasteiger partial charge >= 0.3 is 0 Å². The van der Waals surface area contributed by atoms with Crippen molar-refractivity contribution in [1.29, 1.82) is 0 Å². The number of rotatable bonds is 5. The molecule has 0 bridgehead atoms. The fourth-order valence-corrected chi connectivity index (χ4v) is 3.68. The third kappa shape index (κ3) is 4.24. The standard InChI is InChI=1S/C19H23ClN6O/c1-22-16-10-14(25(2)3)8-9-17(16)26-11-15(18(21)27)19(24-26)23-13-6-4-12(20)5-7-13/h1,4-7,11,14,16-17H,8-10H2,2-3H3,(H2-,21,23,24,27)/p+1/t14-,16-,17-/m0/s1. The molecular formula is C19H24ClN6O+. The predicted molar refractivity (Wildman–Crippen MR) is 108 cm³/mol. The van der Waals surface area contributed by atoms with Crippen molar-refractivity contribution in [3.05, 3.63) is 45.9 Å². The van der Waals surface area contributed by atoms with E-state index in [0.717, 1.165) is 24.9 Å². The lowest BCUT2D eigenvalue weighted by atomic mass is 9.86. The van der Waals surface area contributed by atoms with Gasteiger partial charge in [0, 0.05) is 29.4 Å². The van der Waals surface area contributed by atoms with Gasteiger partial charge in [0.25, 0.3) is 18.5 Å². The highest BCUT2D eigenvalue weighted by molar-refractivity contribution is 6.30. The number of aromatic nitrogens is 2. The van der Waals surface area contributed by atoms with Gasteiger partial charge in [-0.2, -0.15) is 5.10 Å². The minimum Gasteiger partial charge on any atom is -0.365 e. The summed E-state index contributed by atoms with van der Waals surface area (Å²) in [6.45, 7) is 5.68. The van der Waals surface area contributed by atoms with E-state index >= 15 is 0 Å². The van der Waals surface area contributed by atoms with Gasteiger partial charge in [0.2, 0.25) is 0 Å². The van der Waals surface area contributed by atoms with Gasteiger partial charge < -0.3 is 16.0 Å². The number of amides is 1. The van der Waals surface area contributed by atoms with E-state index in [1.807, 2.05) is 12.1 Å². The molecule has 1 aliphatic carbocycles. The summed E-state index contributed by atoms with van der Waals surface area (Å²) in [4.78, 5) is 18.2. The van der Waals surface area contributed by atoms with Crippen molar-refractivity contribution in [2.24, 2.45) is 5.73 Å². The van der Waals surface area contributed by atoms with Crippen LogP contribution in [0.25, 0.3) is 4.85 Å². The van der Waals surface area contributed by atoms with Gasteiger partial charge in [-0.15, -0.1) is 0 Å². The number of carbonyl (C=O) groups excluding carboxylic acids is 1. The molecule has 3 rings (SSSR count). The Balaban J connectivity index is 1.87. The second-order valence-electron chi connectivity index (χ2n) is 7.08. The van der Waals surface area contributed by atoms with Crippen molar-refractivity contribution in [2.45, 2.75) is 37.4 Å². The third-order valence-electron chi connectivity index (χ3n) is 5.12. The minimum absolute atomic E-state index is 0.00920. The molecule has 0 unspecified atom stereocenters. The van der Waals surface area contributed by atoms with Crippen LogP contribution in [0.5, 0.6) is 0 Å². The van der Waals surface area contributed by atoms with Gasteiger partial charge in [-0.05, 0) is 51.2 Å². The smallest absolute Gasteiger partial charge is 0.295 e. The largest absolute Gasteiger partial charge is 0.365 e. The Morgan fingerprint density at radius 2 is 2.07 bits per heavy atom. The van der Waals surface area contributed by atoms with Gasteiger partial charge in [-0.1, -0.05) is 16.4 Å². The first kappa shape index (κ1) is 19.2. The topological polar surface area (TPSA) is 80.5 Å². The van der Waals surface area contributed by atoms with E-state index in [-0.39, 0.29) is 12.1 Å². The average Bonchev–Trinajstić information content (AvgIpc) is 3.07. The number of benzene rings is 1. The number of nitrogens with two attached hydrogens (primary N) is 1. The zero-order valence-corrected chi connectivity index (χ0v) is 16.2. The van der Waals surface area contributed by atoms with Gasteiger partial charge in [-0.3, -0.25) is 9.48 Å². The van der Waals surface area contributed by atoms with Gasteiger partial charge in [0.15, 0.2) is 5.82 Å². The summed E-state index contributed by atoms with van der Waals surface area (Å²) < 4.78 is 1.77. The normalized spacial score (nSPS) is 22.4. The van der Waals surface area contributed by atoms with Gasteiger partial charge in [0.05, 0.1) is 0 Å². The van der Waals surface area contributed by atoms with Crippen molar-refractivity contribution < 1.29 is 4.79 Å². The van der Waals surface area contributed by atoms with E-state index in [4.69, 9.17) is 23.9 Å². The Morgan fingerprint density at radius 1 is 1.37 bits per heavy atom. The maximum Gasteiger partial charge on any atom is 0.295 e. The van der Waals surface area contributed by atoms with Crippen LogP contribution in [-0.4, -0.2) is 46.8 Å². The first-order valence-corrected chi connectivity index (χ1v) is 9.25. The minimum atomic E-state index is -0.541. The van der Waals surface area contributed by atoms with E-state index in [9.17, 15) is 4.79 Å². The molecule has 2 aromatic rings. The summed E-state index contributed by atoms with van der Waals surface area (Å²) in [6.07, 6.45) is 4.41. The van der Waals surface area contributed by atoms with Gasteiger partial charge in [0.1, 0.15) is 11.6 Å². The second-order valence-corrected chi connectivity index (χ2v) is 7.52. The Kier molecular flexibility index (Phi) is 5.68. The first-order valence-electron chi connectivity index (χ1n) is 8.87. The van der Waals surface area contributed by atoms with Crippen LogP contribution in [0.1, 0.15) is 35.7 Å². The molecule has 0 radical (unpaired) electrons. The average molecular weight is 388 g/mol. The SMILES string of the molecule is C#[N+][C@H]1C[C@@H](N(C)C)CC[C@@H]1n1cc(C(N)=O)c(Nc2ccc(Cl)cc2)n1. The number of carbonyl (C=O) groups is 1. The zero-order valence-electron chi connectivity index (χ0n) is 15.5. The number of halogens is 1. The molecule has 1 aromatic heterocycles. The Morgan fingerprint density at radius 3 is 2.67 bits per heavy atom. The highest BCUT2D eigenvalue weighted by Gasteiger charge is 2.40. The number of hydrogen-bond acceptors (Lipinski definition) is 4. The maximum atomic E-state index is 11.9. The lowest BCUT2D eigenvalue weighted by molar-refractivity contribution is 0.100. The van der Waals surface area contributed by atoms with E-state index in [1.165, 1.54) is 0 Å². The summed E-state index contributed by atoms with van der Waals surface area (Å²) in [5.74, 6) is -0.128. The summed E-state index contributed by atoms with van der Waals surface area (Å²) >= 11 is 5.92. The third-order valence-corrected chi connectivity index (χ3v) is 5.37. The van der Waals surface area contributed by atoms with Crippen LogP contribution in [0.2, 0.25) is 5.02 Å². The van der Waals surface area contributed by atoms with E-state index < -0.39 is 5.91 Å². The molecule has 3 N–H and O–H groups in total. The van der Waals surface area contributed by atoms with E-state index in [0.29, 0.717) is 22.4 Å². The quantitative estimate of drug-likeness (QED) is 0.824. The fourth-order valence-electron chi connectivity index (χ4n) is 3.55. The molecule has 8 heteroatoms. The molecule has 1 aromatic carbocycles. The van der Waals surface area contributed by atoms with Crippen LogP contribution in [0.3, 0.4) is 0 Å². The second kappa shape index (κ2) is 7.99. The highest BCUT2D eigenvalue weighted by Crippen LogP contribution is 2.34. The van der Waals surface area contributed by atoms with Crippen molar-refractivity contribution in [2.75, 3.05) is 19.4 Å². The number of nitrogens with one attached hydrogen (secondary N) is 1. The zero-order chi connectivity index (χ0) is 19.6. The molecule has 1 saturated carbocycles. The molecule has 142 valence electrons. The molecule has 0 aliphatic heterocycles. The summed E-state index contributed by atoms with van der Waals surface area (Å²) in [7, 11) is 4.12. The van der Waals surface area contributed by atoms with Crippen LogP contribution in [0.15, 0.2) is 30.5 Å². The predicted octanol–water partition coefficient (Wildman–Crippen LogP) is 3.37. The molecule has 1 fully saturated rings. The lowest BCUT2D eigenvalue weighted by Gasteiger charge is -2.31. The molecule has 1 heterocycles. The maximum absolute atomic E-state index is 11.9. The van der Waals surface area contributed by atoms with Gasteiger partial charge in [-0.25, -0.2) is 0 Å². The number of nitrogens with zero attached hydrogens (tertiary/aromatic N) is 4. The summed E-state index contributed by atoms with van der Waals surface area (Å²) in [5, 5.41) is 8.35. The molecule has 3 atom stereocenters. The number of anilines is 2. The van der Waals surface area contributed by atoms with Crippen molar-refractivity contribution in [1.82, 2.24) is 14.7 Å². The molecule has 0 spiro atoms. The summed E-state index contributed by atoms with van der Waals surface area (Å²) in [5.41, 5.74) is 6.65. The summed E-state index contributed by atoms with van der Waals surface area (Å²) in [6, 6.07) is 7.49. The highest BCUT2D eigenvalue weighted by atomic mass is 35.5. The molecule has 7 nitrogen and oxygen atoms in total. The van der Waals surface area contributed by atoms with E-state index in [2.05, 4.69) is 34.3 Å². The van der Waals surface area contributed by atoms with Crippen LogP contribution in [0.4, 0.5) is 11.5 Å². The van der Waals surface area contributed by atoms with Crippen LogP contribution >= 0.6 is 11.6 Å². The lowest BCUT2D eigenvalue weighted by Crippen LogP contribution is -2.39. The molecule has 1 aliphatic rings. The monoisotopic (exact) mass is 387 g/mol. The molecule has 0 saturated heterocycles. The first-order chi connectivity index (χ1) is 12.9. The molecule has 27 heavy (non-hydrogen) atoms. The van der Waals surface area contributed by atoms with Crippen molar-refractivity contribution >= 4 is 29.0 Å². The van der Waals surface area contributed by atoms with Crippen LogP contribution in [0, 0.1) is 6.57 Å². The molecular weight excluding hydrogens is 364 g/mol. The van der Waals surface area contributed by atoms with Crippen molar-refractivity contribution in [3.63, 3.8) is 0 Å².